The Morgan fingerprint density at radius 2 is 2.00 bits per heavy atom. The van der Waals surface area contributed by atoms with Crippen LogP contribution < -0.4 is 15.0 Å². The lowest BCUT2D eigenvalue weighted by molar-refractivity contribution is -0.126. The summed E-state index contributed by atoms with van der Waals surface area (Å²) in [5, 5.41) is 2.86. The van der Waals surface area contributed by atoms with Gasteiger partial charge in [-0.25, -0.2) is 0 Å². The topological polar surface area (TPSA) is 77.1 Å². The van der Waals surface area contributed by atoms with E-state index in [0.717, 1.165) is 11.4 Å². The van der Waals surface area contributed by atoms with Gasteiger partial charge in [0.1, 0.15) is 5.75 Å². The van der Waals surface area contributed by atoms with Crippen LogP contribution >= 0.6 is 0 Å². The van der Waals surface area contributed by atoms with Gasteiger partial charge in [-0.1, -0.05) is 0 Å². The summed E-state index contributed by atoms with van der Waals surface area (Å²) in [4.78, 5) is 26.1. The van der Waals surface area contributed by atoms with Crippen molar-refractivity contribution in [3.05, 3.63) is 24.3 Å². The van der Waals surface area contributed by atoms with Crippen molar-refractivity contribution in [1.82, 2.24) is 5.32 Å². The number of ether oxygens (including phenoxy) is 3. The summed E-state index contributed by atoms with van der Waals surface area (Å²) < 4.78 is 15.8. The normalized spacial score (nSPS) is 21.3. The highest BCUT2D eigenvalue weighted by Crippen LogP contribution is 2.26. The summed E-state index contributed by atoms with van der Waals surface area (Å²) in [6.07, 6.45) is 0.620. The first-order chi connectivity index (χ1) is 11.7. The summed E-state index contributed by atoms with van der Waals surface area (Å²) in [6.45, 7) is 2.09. The van der Waals surface area contributed by atoms with Gasteiger partial charge in [0.05, 0.1) is 26.2 Å². The average molecular weight is 334 g/mol. The minimum Gasteiger partial charge on any atom is -0.497 e. The first-order valence-corrected chi connectivity index (χ1v) is 8.12. The van der Waals surface area contributed by atoms with E-state index in [4.69, 9.17) is 14.2 Å². The highest BCUT2D eigenvalue weighted by atomic mass is 16.7. The second-order valence-electron chi connectivity index (χ2n) is 5.85. The van der Waals surface area contributed by atoms with Crippen LogP contribution in [0.3, 0.4) is 0 Å². The van der Waals surface area contributed by atoms with E-state index in [1.807, 2.05) is 12.1 Å². The molecule has 2 saturated heterocycles. The number of amides is 2. The van der Waals surface area contributed by atoms with E-state index < -0.39 is 0 Å². The number of anilines is 1. The van der Waals surface area contributed by atoms with Crippen LogP contribution in [0, 0.1) is 5.92 Å². The second-order valence-corrected chi connectivity index (χ2v) is 5.85. The van der Waals surface area contributed by atoms with Gasteiger partial charge in [0.25, 0.3) is 0 Å². The molecular weight excluding hydrogens is 312 g/mol. The molecule has 0 saturated carbocycles. The van der Waals surface area contributed by atoms with Crippen LogP contribution in [0.2, 0.25) is 0 Å². The molecular formula is C17H22N2O5. The largest absolute Gasteiger partial charge is 0.497 e. The molecule has 1 unspecified atom stereocenters. The number of carbonyl (C=O) groups excluding carboxylic acids is 2. The lowest BCUT2D eigenvalue weighted by Crippen LogP contribution is -2.34. The number of hydrogen-bond donors (Lipinski definition) is 1. The lowest BCUT2D eigenvalue weighted by Gasteiger charge is -2.17. The predicted molar refractivity (Wildman–Crippen MR) is 86.8 cm³/mol. The van der Waals surface area contributed by atoms with Gasteiger partial charge in [-0.05, 0) is 24.3 Å². The molecule has 1 atom stereocenters. The molecule has 24 heavy (non-hydrogen) atoms. The molecule has 7 heteroatoms. The van der Waals surface area contributed by atoms with Crippen LogP contribution in [0.15, 0.2) is 24.3 Å². The minimum atomic E-state index is -0.329. The monoisotopic (exact) mass is 334 g/mol. The number of nitrogens with one attached hydrogen (secondary N) is 1. The maximum absolute atomic E-state index is 12.3. The van der Waals surface area contributed by atoms with Crippen molar-refractivity contribution in [2.45, 2.75) is 19.1 Å². The van der Waals surface area contributed by atoms with Crippen molar-refractivity contribution in [2.75, 3.05) is 38.3 Å². The van der Waals surface area contributed by atoms with E-state index in [9.17, 15) is 9.59 Å². The van der Waals surface area contributed by atoms with Crippen molar-refractivity contribution in [1.29, 1.82) is 0 Å². The third kappa shape index (κ3) is 3.85. The van der Waals surface area contributed by atoms with Crippen LogP contribution in [0.1, 0.15) is 12.8 Å². The molecule has 0 aromatic heterocycles. The number of hydrogen-bond acceptors (Lipinski definition) is 5. The Morgan fingerprint density at radius 1 is 1.29 bits per heavy atom. The van der Waals surface area contributed by atoms with Crippen LogP contribution in [-0.2, 0) is 19.1 Å². The number of rotatable bonds is 6. The smallest absolute Gasteiger partial charge is 0.227 e. The van der Waals surface area contributed by atoms with Crippen molar-refractivity contribution in [2.24, 2.45) is 5.92 Å². The summed E-state index contributed by atoms with van der Waals surface area (Å²) in [5.74, 6) is 0.265. The van der Waals surface area contributed by atoms with Crippen molar-refractivity contribution >= 4 is 17.5 Å². The Bertz CT molecular complexity index is 583. The van der Waals surface area contributed by atoms with Crippen LogP contribution in [0.5, 0.6) is 5.75 Å². The first-order valence-electron chi connectivity index (χ1n) is 8.12. The molecule has 2 aliphatic rings. The number of nitrogens with zero attached hydrogens (tertiary/aromatic N) is 1. The van der Waals surface area contributed by atoms with E-state index >= 15 is 0 Å². The number of benzene rings is 1. The maximum atomic E-state index is 12.3. The van der Waals surface area contributed by atoms with Gasteiger partial charge in [0.15, 0.2) is 6.29 Å². The fourth-order valence-electron chi connectivity index (χ4n) is 2.93. The Hall–Kier alpha value is -2.12. The second kappa shape index (κ2) is 7.63. The molecule has 3 rings (SSSR count). The number of methoxy groups -OCH3 is 1. The average Bonchev–Trinajstić information content (AvgIpc) is 3.24. The van der Waals surface area contributed by atoms with E-state index in [1.165, 1.54) is 0 Å². The zero-order valence-corrected chi connectivity index (χ0v) is 13.7. The van der Waals surface area contributed by atoms with Gasteiger partial charge >= 0.3 is 0 Å². The molecule has 2 amide bonds. The van der Waals surface area contributed by atoms with Gasteiger partial charge in [0.2, 0.25) is 11.8 Å². The lowest BCUT2D eigenvalue weighted by atomic mass is 10.1. The highest BCUT2D eigenvalue weighted by Gasteiger charge is 2.35. The molecule has 1 aromatic rings. The van der Waals surface area contributed by atoms with Gasteiger partial charge in [-0.15, -0.1) is 0 Å². The molecule has 0 radical (unpaired) electrons. The zero-order valence-electron chi connectivity index (χ0n) is 13.7. The highest BCUT2D eigenvalue weighted by molar-refractivity contribution is 6.00. The summed E-state index contributed by atoms with van der Waals surface area (Å²) in [7, 11) is 1.60. The molecule has 2 heterocycles. The molecule has 0 bridgehead atoms. The Labute approximate surface area is 140 Å². The van der Waals surface area contributed by atoms with Crippen LogP contribution in [-0.4, -0.2) is 51.5 Å². The predicted octanol–water partition coefficient (Wildman–Crippen LogP) is 0.927. The molecule has 130 valence electrons. The van der Waals surface area contributed by atoms with Crippen molar-refractivity contribution in [3.8, 4) is 5.75 Å². The molecule has 7 nitrogen and oxygen atoms in total. The molecule has 0 spiro atoms. The third-order valence-corrected chi connectivity index (χ3v) is 4.25. The number of carbonyl (C=O) groups is 2. The molecule has 1 N–H and O–H groups in total. The Kier molecular flexibility index (Phi) is 5.32. The quantitative estimate of drug-likeness (QED) is 0.837. The fraction of sp³-hybridized carbons (Fsp3) is 0.529. The zero-order chi connectivity index (χ0) is 16.9. The SMILES string of the molecule is COc1ccc(N2CC(C(=O)NCCC3OCCO3)CC2=O)cc1. The summed E-state index contributed by atoms with van der Waals surface area (Å²) in [5.41, 5.74) is 0.781. The Balaban J connectivity index is 1.50. The van der Waals surface area contributed by atoms with Crippen LogP contribution in [0.4, 0.5) is 5.69 Å². The molecule has 1 aromatic carbocycles. The summed E-state index contributed by atoms with van der Waals surface area (Å²) in [6, 6.07) is 7.26. The molecule has 0 aliphatic carbocycles. The van der Waals surface area contributed by atoms with Crippen LogP contribution in [0.25, 0.3) is 0 Å². The first kappa shape index (κ1) is 16.7. The van der Waals surface area contributed by atoms with E-state index in [-0.39, 0.29) is 30.4 Å². The Morgan fingerprint density at radius 3 is 2.67 bits per heavy atom. The van der Waals surface area contributed by atoms with E-state index in [0.29, 0.717) is 32.7 Å². The molecule has 2 aliphatic heterocycles. The summed E-state index contributed by atoms with van der Waals surface area (Å²) >= 11 is 0. The maximum Gasteiger partial charge on any atom is 0.227 e. The van der Waals surface area contributed by atoms with Crippen molar-refractivity contribution < 1.29 is 23.8 Å². The standard InChI is InChI=1S/C17H22N2O5/c1-22-14-4-2-13(3-5-14)19-11-12(10-15(19)20)17(21)18-7-6-16-23-8-9-24-16/h2-5,12,16H,6-11H2,1H3,(H,18,21). The van der Waals surface area contributed by atoms with Gasteiger partial charge in [-0.3, -0.25) is 9.59 Å². The van der Waals surface area contributed by atoms with Gasteiger partial charge in [-0.2, -0.15) is 0 Å². The van der Waals surface area contributed by atoms with Gasteiger partial charge < -0.3 is 24.4 Å². The third-order valence-electron chi connectivity index (χ3n) is 4.25. The van der Waals surface area contributed by atoms with E-state index in [2.05, 4.69) is 5.32 Å². The molecule has 2 fully saturated rings. The minimum absolute atomic E-state index is 0.0391. The fourth-order valence-corrected chi connectivity index (χ4v) is 2.93. The van der Waals surface area contributed by atoms with Crippen molar-refractivity contribution in [3.63, 3.8) is 0 Å². The van der Waals surface area contributed by atoms with Gasteiger partial charge in [0, 0.05) is 31.6 Å². The van der Waals surface area contributed by atoms with E-state index in [1.54, 1.807) is 24.1 Å².